The average molecular weight is 330 g/mol. The second kappa shape index (κ2) is 5.95. The zero-order valence-electron chi connectivity index (χ0n) is 12.1. The van der Waals surface area contributed by atoms with Crippen molar-refractivity contribution in [2.24, 2.45) is 0 Å². The smallest absolute Gasteiger partial charge is 0.322 e. The summed E-state index contributed by atoms with van der Waals surface area (Å²) in [6.07, 6.45) is 1.17. The van der Waals surface area contributed by atoms with Gasteiger partial charge in [0.05, 0.1) is 5.69 Å². The van der Waals surface area contributed by atoms with Gasteiger partial charge in [0.2, 0.25) is 0 Å². The first-order chi connectivity index (χ1) is 11.5. The number of amides is 1. The summed E-state index contributed by atoms with van der Waals surface area (Å²) >= 11 is 0. The molecule has 1 aromatic carbocycles. The number of benzene rings is 1. The van der Waals surface area contributed by atoms with Crippen LogP contribution in [0.4, 0.5) is 4.39 Å². The average Bonchev–Trinajstić information content (AvgIpc) is 3.01. The molecule has 2 aromatic heterocycles. The van der Waals surface area contributed by atoms with E-state index in [0.29, 0.717) is 11.3 Å². The van der Waals surface area contributed by atoms with Crippen molar-refractivity contribution in [2.45, 2.75) is 0 Å². The first-order valence-corrected chi connectivity index (χ1v) is 6.79. The van der Waals surface area contributed by atoms with Crippen LogP contribution < -0.4 is 5.32 Å². The summed E-state index contributed by atoms with van der Waals surface area (Å²) in [5, 5.41) is 24.9. The molecule has 3 N–H and O–H groups in total. The molecule has 0 unspecified atom stereocenters. The van der Waals surface area contributed by atoms with E-state index in [2.05, 4.69) is 15.4 Å². The maximum Gasteiger partial charge on any atom is 0.322 e. The van der Waals surface area contributed by atoms with Crippen molar-refractivity contribution in [3.05, 3.63) is 48.0 Å². The zero-order valence-corrected chi connectivity index (χ0v) is 12.1. The van der Waals surface area contributed by atoms with E-state index in [0.717, 1.165) is 0 Å². The van der Waals surface area contributed by atoms with E-state index in [-0.39, 0.29) is 11.2 Å². The summed E-state index contributed by atoms with van der Waals surface area (Å²) in [5.74, 6) is -2.92. The lowest BCUT2D eigenvalue weighted by atomic mass is 10.1. The number of hydrogen-bond donors (Lipinski definition) is 3. The van der Waals surface area contributed by atoms with Crippen LogP contribution in [0.3, 0.4) is 0 Å². The largest absolute Gasteiger partial charge is 0.507 e. The van der Waals surface area contributed by atoms with Crippen LogP contribution in [0.5, 0.6) is 5.75 Å². The molecule has 8 nitrogen and oxygen atoms in total. The first kappa shape index (κ1) is 15.4. The Morgan fingerprint density at radius 3 is 2.79 bits per heavy atom. The van der Waals surface area contributed by atoms with Crippen LogP contribution in [0.25, 0.3) is 16.9 Å². The van der Waals surface area contributed by atoms with Crippen LogP contribution in [0, 0.1) is 5.82 Å². The number of carbonyl (C=O) groups excluding carboxylic acids is 1. The Morgan fingerprint density at radius 2 is 2.08 bits per heavy atom. The minimum Gasteiger partial charge on any atom is -0.507 e. The number of rotatable bonds is 4. The molecule has 0 saturated carbocycles. The molecule has 122 valence electrons. The minimum atomic E-state index is -1.23. The normalized spacial score (nSPS) is 10.7. The van der Waals surface area contributed by atoms with E-state index in [4.69, 9.17) is 5.11 Å². The molecule has 0 spiro atoms. The number of aromatic nitrogens is 3. The number of carboxylic acids is 1. The van der Waals surface area contributed by atoms with Crippen LogP contribution in [-0.2, 0) is 4.79 Å². The Hall–Kier alpha value is -3.49. The lowest BCUT2D eigenvalue weighted by molar-refractivity contribution is -0.135. The lowest BCUT2D eigenvalue weighted by Crippen LogP contribution is -2.29. The number of carboxylic acid groups (broad SMARTS) is 1. The summed E-state index contributed by atoms with van der Waals surface area (Å²) < 4.78 is 14.7. The van der Waals surface area contributed by atoms with Gasteiger partial charge < -0.3 is 15.5 Å². The van der Waals surface area contributed by atoms with Crippen LogP contribution in [0.15, 0.2) is 36.7 Å². The topological polar surface area (TPSA) is 117 Å². The Kier molecular flexibility index (Phi) is 3.82. The Labute approximate surface area is 134 Å². The number of carbonyl (C=O) groups is 2. The molecule has 9 heteroatoms. The summed E-state index contributed by atoms with van der Waals surface area (Å²) in [5.41, 5.74) is 0.568. The third-order valence-corrected chi connectivity index (χ3v) is 3.28. The molecule has 1 amide bonds. The molecule has 0 bridgehead atoms. The summed E-state index contributed by atoms with van der Waals surface area (Å²) in [6, 6.07) is 6.88. The van der Waals surface area contributed by atoms with Gasteiger partial charge in [-0.1, -0.05) is 12.1 Å². The van der Waals surface area contributed by atoms with E-state index in [1.807, 2.05) is 0 Å². The Morgan fingerprint density at radius 1 is 1.29 bits per heavy atom. The molecular weight excluding hydrogens is 319 g/mol. The van der Waals surface area contributed by atoms with E-state index in [1.165, 1.54) is 35.1 Å². The maximum atomic E-state index is 13.4. The number of hydrogen-bond acceptors (Lipinski definition) is 5. The second-order valence-corrected chi connectivity index (χ2v) is 4.87. The SMILES string of the molecule is O=C(O)CNC(=O)c1c(O)cc(-c2cccc(F)c2)n2ncnc12. The fraction of sp³-hybridized carbons (Fsp3) is 0.0667. The predicted octanol–water partition coefficient (Wildman–Crippen LogP) is 1.06. The van der Waals surface area contributed by atoms with Gasteiger partial charge in [-0.15, -0.1) is 0 Å². The highest BCUT2D eigenvalue weighted by Gasteiger charge is 2.21. The molecule has 0 aliphatic carbocycles. The molecule has 24 heavy (non-hydrogen) atoms. The highest BCUT2D eigenvalue weighted by atomic mass is 19.1. The number of aromatic hydroxyl groups is 1. The van der Waals surface area contributed by atoms with Gasteiger partial charge in [-0.25, -0.2) is 13.9 Å². The third kappa shape index (κ3) is 2.74. The van der Waals surface area contributed by atoms with Crippen LogP contribution in [-0.4, -0.2) is 43.2 Å². The highest BCUT2D eigenvalue weighted by molar-refractivity contribution is 6.03. The van der Waals surface area contributed by atoms with Gasteiger partial charge in [-0.05, 0) is 12.1 Å². The van der Waals surface area contributed by atoms with Gasteiger partial charge >= 0.3 is 5.97 Å². The molecule has 0 atom stereocenters. The van der Waals surface area contributed by atoms with Gasteiger partial charge in [0.15, 0.2) is 5.65 Å². The molecule has 0 aliphatic heterocycles. The first-order valence-electron chi connectivity index (χ1n) is 6.79. The van der Waals surface area contributed by atoms with Crippen molar-refractivity contribution < 1.29 is 24.2 Å². The number of aliphatic carboxylic acids is 1. The number of nitrogens with zero attached hydrogens (tertiary/aromatic N) is 3. The molecule has 0 aliphatic rings. The summed E-state index contributed by atoms with van der Waals surface area (Å²) in [7, 11) is 0. The van der Waals surface area contributed by atoms with Crippen molar-refractivity contribution in [3.8, 4) is 17.0 Å². The van der Waals surface area contributed by atoms with E-state index < -0.39 is 30.0 Å². The highest BCUT2D eigenvalue weighted by Crippen LogP contribution is 2.29. The molecule has 3 rings (SSSR count). The van der Waals surface area contributed by atoms with Crippen molar-refractivity contribution in [2.75, 3.05) is 6.54 Å². The van der Waals surface area contributed by atoms with Crippen molar-refractivity contribution >= 4 is 17.5 Å². The summed E-state index contributed by atoms with van der Waals surface area (Å²) in [6.45, 7) is -0.607. The van der Waals surface area contributed by atoms with Gasteiger partial charge in [0, 0.05) is 11.6 Å². The lowest BCUT2D eigenvalue weighted by Gasteiger charge is -2.10. The second-order valence-electron chi connectivity index (χ2n) is 4.87. The standard InChI is InChI=1S/C15H11FN4O4/c16-9-3-1-2-8(4-9)10-5-11(21)13(14-18-7-19-20(10)14)15(24)17-6-12(22)23/h1-5,7,21H,6H2,(H,17,24)(H,22,23). The van der Waals surface area contributed by atoms with Crippen LogP contribution in [0.2, 0.25) is 0 Å². The number of halogens is 1. The monoisotopic (exact) mass is 330 g/mol. The van der Waals surface area contributed by atoms with Crippen LogP contribution >= 0.6 is 0 Å². The molecular formula is C15H11FN4O4. The Bertz CT molecular complexity index is 954. The third-order valence-electron chi connectivity index (χ3n) is 3.28. The van der Waals surface area contributed by atoms with E-state index in [1.54, 1.807) is 6.07 Å². The quantitative estimate of drug-likeness (QED) is 0.658. The van der Waals surface area contributed by atoms with Gasteiger partial charge in [0.25, 0.3) is 5.91 Å². The zero-order chi connectivity index (χ0) is 17.3. The number of nitrogens with one attached hydrogen (secondary N) is 1. The van der Waals surface area contributed by atoms with Crippen molar-refractivity contribution in [1.82, 2.24) is 19.9 Å². The molecule has 0 fully saturated rings. The van der Waals surface area contributed by atoms with Gasteiger partial charge in [-0.3, -0.25) is 9.59 Å². The van der Waals surface area contributed by atoms with E-state index in [9.17, 15) is 19.1 Å². The fourth-order valence-corrected chi connectivity index (χ4v) is 2.28. The number of pyridine rings is 1. The molecule has 0 radical (unpaired) electrons. The van der Waals surface area contributed by atoms with Crippen LogP contribution in [0.1, 0.15) is 10.4 Å². The Balaban J connectivity index is 2.13. The van der Waals surface area contributed by atoms with Crippen molar-refractivity contribution in [3.63, 3.8) is 0 Å². The van der Waals surface area contributed by atoms with Gasteiger partial charge in [-0.2, -0.15) is 5.10 Å². The number of fused-ring (bicyclic) bond motifs is 1. The van der Waals surface area contributed by atoms with Gasteiger partial charge in [0.1, 0.15) is 30.0 Å². The van der Waals surface area contributed by atoms with E-state index >= 15 is 0 Å². The predicted molar refractivity (Wildman–Crippen MR) is 80.0 cm³/mol. The minimum absolute atomic E-state index is 0.0251. The molecule has 0 saturated heterocycles. The molecule has 2 heterocycles. The van der Waals surface area contributed by atoms with Crippen molar-refractivity contribution in [1.29, 1.82) is 0 Å². The summed E-state index contributed by atoms with van der Waals surface area (Å²) in [4.78, 5) is 26.6. The molecule has 3 aromatic rings. The fourth-order valence-electron chi connectivity index (χ4n) is 2.28. The maximum absolute atomic E-state index is 13.4.